The van der Waals surface area contributed by atoms with E-state index in [1.807, 2.05) is 12.1 Å². The van der Waals surface area contributed by atoms with Gasteiger partial charge in [-0.05, 0) is 44.6 Å². The maximum Gasteiger partial charge on any atom is 0.0914 e. The lowest BCUT2D eigenvalue weighted by molar-refractivity contribution is 0.0604. The van der Waals surface area contributed by atoms with Gasteiger partial charge in [-0.1, -0.05) is 29.8 Å². The molecule has 1 aliphatic heterocycles. The minimum Gasteiger partial charge on any atom is -0.387 e. The summed E-state index contributed by atoms with van der Waals surface area (Å²) in [7, 11) is 0. The van der Waals surface area contributed by atoms with Gasteiger partial charge in [-0.2, -0.15) is 0 Å². The second-order valence-electron chi connectivity index (χ2n) is 6.03. The van der Waals surface area contributed by atoms with Crippen LogP contribution in [0.25, 0.3) is 0 Å². The molecule has 1 fully saturated rings. The van der Waals surface area contributed by atoms with E-state index in [4.69, 9.17) is 4.74 Å². The van der Waals surface area contributed by atoms with Crippen molar-refractivity contribution in [1.82, 2.24) is 5.32 Å². The zero-order chi connectivity index (χ0) is 14.4. The highest BCUT2D eigenvalue weighted by Crippen LogP contribution is 2.20. The van der Waals surface area contributed by atoms with Crippen LogP contribution in [0.1, 0.15) is 43.4 Å². The first-order chi connectivity index (χ1) is 9.65. The highest BCUT2D eigenvalue weighted by molar-refractivity contribution is 5.24. The minimum absolute atomic E-state index is 0.424. The molecule has 0 unspecified atom stereocenters. The average molecular weight is 277 g/mol. The monoisotopic (exact) mass is 277 g/mol. The Bertz CT molecular complexity index is 402. The predicted octanol–water partition coefficient (Wildman–Crippen LogP) is 2.82. The summed E-state index contributed by atoms with van der Waals surface area (Å²) in [6, 6.07) is 8.53. The summed E-state index contributed by atoms with van der Waals surface area (Å²) < 4.78 is 5.39. The molecule has 1 aromatic rings. The second-order valence-corrected chi connectivity index (χ2v) is 6.03. The van der Waals surface area contributed by atoms with Crippen LogP contribution in [0.5, 0.6) is 0 Å². The van der Waals surface area contributed by atoms with E-state index >= 15 is 0 Å². The number of aryl methyl sites for hydroxylation is 1. The third-order valence-corrected chi connectivity index (χ3v) is 4.11. The van der Waals surface area contributed by atoms with Crippen molar-refractivity contribution < 1.29 is 9.84 Å². The molecule has 1 aromatic carbocycles. The fourth-order valence-electron chi connectivity index (χ4n) is 2.87. The predicted molar refractivity (Wildman–Crippen MR) is 81.8 cm³/mol. The van der Waals surface area contributed by atoms with Gasteiger partial charge in [0.05, 0.1) is 6.10 Å². The van der Waals surface area contributed by atoms with Crippen molar-refractivity contribution in [2.24, 2.45) is 5.92 Å². The van der Waals surface area contributed by atoms with Crippen LogP contribution >= 0.6 is 0 Å². The zero-order valence-electron chi connectivity index (χ0n) is 12.6. The number of hydrogen-bond donors (Lipinski definition) is 2. The third kappa shape index (κ3) is 4.89. The molecule has 0 aliphatic carbocycles. The molecule has 1 saturated heterocycles. The van der Waals surface area contributed by atoms with Gasteiger partial charge in [0.25, 0.3) is 0 Å². The molecular formula is C17H27NO2. The van der Waals surface area contributed by atoms with Crippen LogP contribution in [0.2, 0.25) is 0 Å². The first-order valence-corrected chi connectivity index (χ1v) is 7.71. The van der Waals surface area contributed by atoms with Gasteiger partial charge in [0.1, 0.15) is 0 Å². The van der Waals surface area contributed by atoms with E-state index in [2.05, 4.69) is 31.3 Å². The lowest BCUT2D eigenvalue weighted by Crippen LogP contribution is -2.33. The summed E-state index contributed by atoms with van der Waals surface area (Å²) in [5.41, 5.74) is 2.19. The summed E-state index contributed by atoms with van der Waals surface area (Å²) in [4.78, 5) is 0. The number of benzene rings is 1. The Kier molecular flexibility index (Phi) is 6.02. The average Bonchev–Trinajstić information content (AvgIpc) is 2.46. The molecule has 2 atom stereocenters. The summed E-state index contributed by atoms with van der Waals surface area (Å²) in [5.74, 6) is 0.766. The van der Waals surface area contributed by atoms with E-state index in [1.54, 1.807) is 0 Å². The van der Waals surface area contributed by atoms with Crippen LogP contribution in [-0.2, 0) is 4.74 Å². The fourth-order valence-corrected chi connectivity index (χ4v) is 2.87. The van der Waals surface area contributed by atoms with Crippen molar-refractivity contribution >= 4 is 0 Å². The van der Waals surface area contributed by atoms with Gasteiger partial charge >= 0.3 is 0 Å². The van der Waals surface area contributed by atoms with E-state index in [9.17, 15) is 5.11 Å². The summed E-state index contributed by atoms with van der Waals surface area (Å²) in [6.45, 7) is 6.69. The van der Waals surface area contributed by atoms with E-state index in [-0.39, 0.29) is 0 Å². The molecular weight excluding hydrogens is 250 g/mol. The number of hydrogen-bond acceptors (Lipinski definition) is 3. The van der Waals surface area contributed by atoms with Crippen LogP contribution in [0.15, 0.2) is 24.3 Å². The Morgan fingerprint density at radius 1 is 1.35 bits per heavy atom. The Labute approximate surface area is 122 Å². The first kappa shape index (κ1) is 15.5. The van der Waals surface area contributed by atoms with Crippen LogP contribution in [0.4, 0.5) is 0 Å². The van der Waals surface area contributed by atoms with Crippen molar-refractivity contribution in [3.63, 3.8) is 0 Å². The molecule has 1 aliphatic rings. The molecule has 3 nitrogen and oxygen atoms in total. The minimum atomic E-state index is -0.424. The van der Waals surface area contributed by atoms with Crippen LogP contribution in [0.3, 0.4) is 0 Å². The van der Waals surface area contributed by atoms with Gasteiger partial charge in [0, 0.05) is 25.8 Å². The molecule has 112 valence electrons. The van der Waals surface area contributed by atoms with Crippen molar-refractivity contribution in [2.45, 2.75) is 45.3 Å². The summed E-state index contributed by atoms with van der Waals surface area (Å²) in [5, 5.41) is 13.7. The van der Waals surface area contributed by atoms with Gasteiger partial charge in [-0.25, -0.2) is 0 Å². The zero-order valence-corrected chi connectivity index (χ0v) is 12.6. The van der Waals surface area contributed by atoms with Gasteiger partial charge in [-0.15, -0.1) is 0 Å². The largest absolute Gasteiger partial charge is 0.387 e. The van der Waals surface area contributed by atoms with E-state index in [0.29, 0.717) is 12.6 Å². The van der Waals surface area contributed by atoms with Crippen LogP contribution < -0.4 is 5.32 Å². The molecule has 20 heavy (non-hydrogen) atoms. The number of aliphatic hydroxyl groups is 1. The Morgan fingerprint density at radius 3 is 2.80 bits per heavy atom. The van der Waals surface area contributed by atoms with Gasteiger partial charge in [0.2, 0.25) is 0 Å². The number of aliphatic hydroxyl groups excluding tert-OH is 1. The summed E-state index contributed by atoms with van der Waals surface area (Å²) >= 11 is 0. The third-order valence-electron chi connectivity index (χ3n) is 4.11. The van der Waals surface area contributed by atoms with E-state index < -0.39 is 6.10 Å². The molecule has 3 heteroatoms. The fraction of sp³-hybridized carbons (Fsp3) is 0.647. The molecule has 1 heterocycles. The quantitative estimate of drug-likeness (QED) is 0.840. The highest BCUT2D eigenvalue weighted by Gasteiger charge is 2.17. The lowest BCUT2D eigenvalue weighted by Gasteiger charge is -2.26. The Hall–Kier alpha value is -0.900. The summed E-state index contributed by atoms with van der Waals surface area (Å²) in [6.07, 6.45) is 3.09. The molecule has 2 N–H and O–H groups in total. The van der Waals surface area contributed by atoms with Crippen molar-refractivity contribution in [3.05, 3.63) is 35.4 Å². The van der Waals surface area contributed by atoms with Crippen LogP contribution in [0, 0.1) is 12.8 Å². The number of rotatable bonds is 6. The van der Waals surface area contributed by atoms with Crippen molar-refractivity contribution in [1.29, 1.82) is 0 Å². The standard InChI is InChI=1S/C17H27NO2/c1-13-4-3-5-16(10-13)17(19)12-18-14(2)11-15-6-8-20-9-7-15/h3-5,10,14-15,17-19H,6-9,11-12H2,1-2H3/t14-,17+/m0/s1. The molecule has 0 amide bonds. The first-order valence-electron chi connectivity index (χ1n) is 7.71. The molecule has 0 bridgehead atoms. The topological polar surface area (TPSA) is 41.5 Å². The molecule has 0 aromatic heterocycles. The molecule has 0 saturated carbocycles. The van der Waals surface area contributed by atoms with E-state index in [0.717, 1.165) is 24.7 Å². The van der Waals surface area contributed by atoms with Gasteiger partial charge < -0.3 is 15.2 Å². The maximum absolute atomic E-state index is 10.2. The molecule has 0 radical (unpaired) electrons. The number of nitrogens with one attached hydrogen (secondary N) is 1. The van der Waals surface area contributed by atoms with Gasteiger partial charge in [-0.3, -0.25) is 0 Å². The van der Waals surface area contributed by atoms with Crippen LogP contribution in [-0.4, -0.2) is 30.9 Å². The van der Waals surface area contributed by atoms with Crippen molar-refractivity contribution in [2.75, 3.05) is 19.8 Å². The smallest absolute Gasteiger partial charge is 0.0914 e. The second kappa shape index (κ2) is 7.77. The Morgan fingerprint density at radius 2 is 2.10 bits per heavy atom. The molecule has 2 rings (SSSR count). The normalized spacial score (nSPS) is 19.8. The van der Waals surface area contributed by atoms with Crippen molar-refractivity contribution in [3.8, 4) is 0 Å². The molecule has 0 spiro atoms. The highest BCUT2D eigenvalue weighted by atomic mass is 16.5. The Balaban J connectivity index is 1.73. The SMILES string of the molecule is Cc1cccc([C@H](O)CN[C@@H](C)CC2CCOCC2)c1. The van der Waals surface area contributed by atoms with Gasteiger partial charge in [0.15, 0.2) is 0 Å². The van der Waals surface area contributed by atoms with E-state index in [1.165, 1.54) is 24.8 Å². The maximum atomic E-state index is 10.2. The number of ether oxygens (including phenoxy) is 1. The lowest BCUT2D eigenvalue weighted by atomic mass is 9.93.